The van der Waals surface area contributed by atoms with E-state index in [4.69, 9.17) is 5.73 Å². The quantitative estimate of drug-likeness (QED) is 0.912. The van der Waals surface area contributed by atoms with Crippen LogP contribution in [0.1, 0.15) is 43.7 Å². The number of nitrogens with two attached hydrogens (primary N) is 1. The predicted octanol–water partition coefficient (Wildman–Crippen LogP) is 2.48. The van der Waals surface area contributed by atoms with Gasteiger partial charge in [-0.2, -0.15) is 0 Å². The average molecular weight is 298 g/mol. The number of carbonyl (C=O) groups is 1. The van der Waals surface area contributed by atoms with Gasteiger partial charge in [-0.25, -0.2) is 0 Å². The van der Waals surface area contributed by atoms with E-state index in [0.29, 0.717) is 11.8 Å². The van der Waals surface area contributed by atoms with Crippen molar-refractivity contribution in [2.75, 3.05) is 13.1 Å². The van der Waals surface area contributed by atoms with Crippen molar-refractivity contribution in [1.29, 1.82) is 0 Å². The number of carbonyl (C=O) groups excluding carboxylic acids is 1. The second-order valence-electron chi connectivity index (χ2n) is 7.62. The number of amides is 1. The van der Waals surface area contributed by atoms with E-state index in [-0.39, 0.29) is 17.4 Å². The first-order valence-electron chi connectivity index (χ1n) is 8.74. The second kappa shape index (κ2) is 5.09. The fourth-order valence-electron chi connectivity index (χ4n) is 4.78. The molecule has 4 unspecified atom stereocenters. The van der Waals surface area contributed by atoms with Crippen LogP contribution in [0, 0.1) is 11.8 Å². The van der Waals surface area contributed by atoms with Crippen LogP contribution in [0.2, 0.25) is 0 Å². The summed E-state index contributed by atoms with van der Waals surface area (Å²) in [6, 6.07) is 8.91. The van der Waals surface area contributed by atoms with Crippen LogP contribution in [0.25, 0.3) is 0 Å². The van der Waals surface area contributed by atoms with Crippen LogP contribution in [0.4, 0.5) is 0 Å². The van der Waals surface area contributed by atoms with E-state index in [1.165, 1.54) is 17.5 Å². The summed E-state index contributed by atoms with van der Waals surface area (Å²) >= 11 is 0. The van der Waals surface area contributed by atoms with Crippen molar-refractivity contribution in [1.82, 2.24) is 4.90 Å². The number of likely N-dealkylation sites (tertiary alicyclic amines) is 1. The van der Waals surface area contributed by atoms with Crippen LogP contribution < -0.4 is 5.73 Å². The van der Waals surface area contributed by atoms with Gasteiger partial charge < -0.3 is 10.6 Å². The minimum atomic E-state index is 0.176. The molecule has 1 amide bonds. The average Bonchev–Trinajstić information content (AvgIpc) is 3.16. The van der Waals surface area contributed by atoms with Crippen molar-refractivity contribution < 1.29 is 4.79 Å². The standard InChI is InChI=1S/C19H26N2O/c1-13(20)15-6-4-10-21(12-15)18(22)17-11-19(17)9-8-14-5-2-3-7-16(14)19/h2-3,5,7,13,15,17H,4,6,8-12,20H2,1H3. The lowest BCUT2D eigenvalue weighted by Crippen LogP contribution is -2.46. The Labute approximate surface area is 132 Å². The first kappa shape index (κ1) is 14.3. The maximum absolute atomic E-state index is 13.0. The summed E-state index contributed by atoms with van der Waals surface area (Å²) in [6.45, 7) is 3.87. The van der Waals surface area contributed by atoms with E-state index >= 15 is 0 Å². The molecule has 2 aliphatic carbocycles. The zero-order valence-electron chi connectivity index (χ0n) is 13.4. The van der Waals surface area contributed by atoms with Crippen molar-refractivity contribution in [3.05, 3.63) is 35.4 Å². The molecule has 1 spiro atoms. The number of hydrogen-bond donors (Lipinski definition) is 1. The Kier molecular flexibility index (Phi) is 3.30. The molecule has 1 aliphatic heterocycles. The number of benzene rings is 1. The van der Waals surface area contributed by atoms with Crippen LogP contribution in [0.3, 0.4) is 0 Å². The zero-order chi connectivity index (χ0) is 15.3. The molecule has 1 saturated heterocycles. The van der Waals surface area contributed by atoms with Gasteiger partial charge in [-0.3, -0.25) is 4.79 Å². The van der Waals surface area contributed by atoms with Gasteiger partial charge >= 0.3 is 0 Å². The fourth-order valence-corrected chi connectivity index (χ4v) is 4.78. The molecule has 0 radical (unpaired) electrons. The number of hydrogen-bond acceptors (Lipinski definition) is 2. The third kappa shape index (κ3) is 2.10. The molecular weight excluding hydrogens is 272 g/mol. The monoisotopic (exact) mass is 298 g/mol. The van der Waals surface area contributed by atoms with Crippen LogP contribution in [-0.4, -0.2) is 29.9 Å². The number of nitrogens with zero attached hydrogens (tertiary/aromatic N) is 1. The van der Waals surface area contributed by atoms with Gasteiger partial charge in [0, 0.05) is 30.5 Å². The van der Waals surface area contributed by atoms with E-state index in [9.17, 15) is 4.79 Å². The molecule has 2 N–H and O–H groups in total. The molecule has 3 heteroatoms. The first-order chi connectivity index (χ1) is 10.6. The van der Waals surface area contributed by atoms with Crippen molar-refractivity contribution in [3.8, 4) is 0 Å². The predicted molar refractivity (Wildman–Crippen MR) is 87.5 cm³/mol. The fraction of sp³-hybridized carbons (Fsp3) is 0.632. The van der Waals surface area contributed by atoms with Gasteiger partial charge in [0.15, 0.2) is 0 Å². The summed E-state index contributed by atoms with van der Waals surface area (Å²) in [7, 11) is 0. The number of piperidine rings is 1. The highest BCUT2D eigenvalue weighted by atomic mass is 16.2. The third-order valence-corrected chi connectivity index (χ3v) is 6.28. The highest BCUT2D eigenvalue weighted by Gasteiger charge is 2.62. The van der Waals surface area contributed by atoms with Gasteiger partial charge in [-0.1, -0.05) is 24.3 Å². The molecule has 1 aromatic carbocycles. The Balaban J connectivity index is 1.50. The van der Waals surface area contributed by atoms with Gasteiger partial charge in [0.1, 0.15) is 0 Å². The summed E-state index contributed by atoms with van der Waals surface area (Å²) in [5, 5.41) is 0. The van der Waals surface area contributed by atoms with Crippen molar-refractivity contribution in [2.24, 2.45) is 17.6 Å². The maximum Gasteiger partial charge on any atom is 0.226 e. The lowest BCUT2D eigenvalue weighted by Gasteiger charge is -2.35. The summed E-state index contributed by atoms with van der Waals surface area (Å²) in [5.74, 6) is 1.09. The topological polar surface area (TPSA) is 46.3 Å². The van der Waals surface area contributed by atoms with Crippen molar-refractivity contribution in [3.63, 3.8) is 0 Å². The third-order valence-electron chi connectivity index (χ3n) is 6.28. The molecule has 4 atom stereocenters. The van der Waals surface area contributed by atoms with Gasteiger partial charge in [-0.05, 0) is 56.1 Å². The molecule has 0 bridgehead atoms. The Morgan fingerprint density at radius 3 is 3.05 bits per heavy atom. The Morgan fingerprint density at radius 2 is 2.23 bits per heavy atom. The molecule has 3 aliphatic rings. The van der Waals surface area contributed by atoms with Gasteiger partial charge in [0.05, 0.1) is 0 Å². The number of aryl methyl sites for hydroxylation is 1. The molecule has 1 aromatic rings. The lowest BCUT2D eigenvalue weighted by atomic mass is 9.91. The first-order valence-corrected chi connectivity index (χ1v) is 8.74. The normalized spacial score (nSPS) is 34.5. The Morgan fingerprint density at radius 1 is 1.41 bits per heavy atom. The minimum absolute atomic E-state index is 0.176. The lowest BCUT2D eigenvalue weighted by molar-refractivity contribution is -0.135. The van der Waals surface area contributed by atoms with Crippen molar-refractivity contribution in [2.45, 2.75) is 50.5 Å². The van der Waals surface area contributed by atoms with Gasteiger partial charge in [0.25, 0.3) is 0 Å². The Hall–Kier alpha value is -1.35. The number of fused-ring (bicyclic) bond motifs is 2. The summed E-state index contributed by atoms with van der Waals surface area (Å²) in [4.78, 5) is 15.1. The molecule has 1 heterocycles. The molecule has 22 heavy (non-hydrogen) atoms. The number of rotatable bonds is 2. The van der Waals surface area contributed by atoms with Crippen LogP contribution in [0.5, 0.6) is 0 Å². The van der Waals surface area contributed by atoms with Crippen LogP contribution in [0.15, 0.2) is 24.3 Å². The van der Waals surface area contributed by atoms with Crippen molar-refractivity contribution >= 4 is 5.91 Å². The van der Waals surface area contributed by atoms with Gasteiger partial charge in [-0.15, -0.1) is 0 Å². The van der Waals surface area contributed by atoms with E-state index in [0.717, 1.165) is 38.8 Å². The highest BCUT2D eigenvalue weighted by molar-refractivity contribution is 5.85. The summed E-state index contributed by atoms with van der Waals surface area (Å²) in [5.41, 5.74) is 9.15. The smallest absolute Gasteiger partial charge is 0.226 e. The van der Waals surface area contributed by atoms with Crippen LogP contribution >= 0.6 is 0 Å². The minimum Gasteiger partial charge on any atom is -0.342 e. The molecule has 4 rings (SSSR count). The maximum atomic E-state index is 13.0. The molecule has 2 fully saturated rings. The highest BCUT2D eigenvalue weighted by Crippen LogP contribution is 2.62. The van der Waals surface area contributed by atoms with Crippen LogP contribution in [-0.2, 0) is 16.6 Å². The molecule has 1 saturated carbocycles. The Bertz CT molecular complexity index is 597. The summed E-state index contributed by atoms with van der Waals surface area (Å²) < 4.78 is 0. The van der Waals surface area contributed by atoms with E-state index in [1.807, 2.05) is 0 Å². The largest absolute Gasteiger partial charge is 0.342 e. The molecule has 3 nitrogen and oxygen atoms in total. The van der Waals surface area contributed by atoms with E-state index < -0.39 is 0 Å². The molecule has 0 aromatic heterocycles. The molecular formula is C19H26N2O. The van der Waals surface area contributed by atoms with E-state index in [2.05, 4.69) is 36.1 Å². The second-order valence-corrected chi connectivity index (χ2v) is 7.62. The van der Waals surface area contributed by atoms with E-state index in [1.54, 1.807) is 0 Å². The molecule has 118 valence electrons. The SMILES string of the molecule is CC(N)C1CCCN(C(=O)C2CC23CCc2ccccc23)C1. The van der Waals surface area contributed by atoms with Gasteiger partial charge in [0.2, 0.25) is 5.91 Å². The summed E-state index contributed by atoms with van der Waals surface area (Å²) in [6.07, 6.45) is 5.63. The zero-order valence-corrected chi connectivity index (χ0v) is 13.4.